The molecule has 0 fully saturated rings. The van der Waals surface area contributed by atoms with Crippen LogP contribution in [0, 0.1) is 22.7 Å². The number of amides is 1. The largest absolute Gasteiger partial charge is 0.325 e. The van der Waals surface area contributed by atoms with Crippen LogP contribution in [0.2, 0.25) is 0 Å². The Morgan fingerprint density at radius 2 is 1.87 bits per heavy atom. The first-order valence-electron chi connectivity index (χ1n) is 4.00. The number of hydrogen-bond donors (Lipinski definition) is 1. The Morgan fingerprint density at radius 3 is 2.33 bits per heavy atom. The van der Waals surface area contributed by atoms with Gasteiger partial charge in [0.15, 0.2) is 0 Å². The number of nitriles is 2. The molecular formula is C10H6BrN3O. The van der Waals surface area contributed by atoms with Crippen molar-refractivity contribution in [2.45, 2.75) is 6.92 Å². The van der Waals surface area contributed by atoms with Gasteiger partial charge in [0.25, 0.3) is 0 Å². The van der Waals surface area contributed by atoms with E-state index in [-0.39, 0.29) is 17.0 Å². The third-order valence-electron chi connectivity index (χ3n) is 1.66. The minimum atomic E-state index is -0.232. The van der Waals surface area contributed by atoms with Gasteiger partial charge in [-0.05, 0) is 28.1 Å². The summed E-state index contributed by atoms with van der Waals surface area (Å²) in [6.07, 6.45) is 0. The summed E-state index contributed by atoms with van der Waals surface area (Å²) in [6.45, 7) is 1.37. The van der Waals surface area contributed by atoms with Gasteiger partial charge in [0.2, 0.25) is 5.91 Å². The molecule has 1 rings (SSSR count). The second kappa shape index (κ2) is 4.59. The minimum Gasteiger partial charge on any atom is -0.325 e. The van der Waals surface area contributed by atoms with Crippen molar-refractivity contribution < 1.29 is 4.79 Å². The molecule has 4 nitrogen and oxygen atoms in total. The van der Waals surface area contributed by atoms with Crippen molar-refractivity contribution in [3.05, 3.63) is 27.7 Å². The molecule has 15 heavy (non-hydrogen) atoms. The maximum atomic E-state index is 10.8. The number of benzene rings is 1. The monoisotopic (exact) mass is 263 g/mol. The molecule has 5 heteroatoms. The third kappa shape index (κ3) is 2.55. The predicted molar refractivity (Wildman–Crippen MR) is 57.9 cm³/mol. The highest BCUT2D eigenvalue weighted by Gasteiger charge is 2.08. The lowest BCUT2D eigenvalue weighted by atomic mass is 10.1. The molecule has 0 spiro atoms. The molecule has 0 aromatic heterocycles. The molecule has 1 aromatic rings. The Labute approximate surface area is 95.3 Å². The number of halogens is 1. The highest BCUT2D eigenvalue weighted by molar-refractivity contribution is 9.10. The van der Waals surface area contributed by atoms with Gasteiger partial charge in [0, 0.05) is 11.4 Å². The van der Waals surface area contributed by atoms with E-state index in [1.54, 1.807) is 0 Å². The molecule has 0 heterocycles. The second-order valence-electron chi connectivity index (χ2n) is 2.78. The summed E-state index contributed by atoms with van der Waals surface area (Å²) < 4.78 is 0.577. The summed E-state index contributed by atoms with van der Waals surface area (Å²) in [5, 5.41) is 20.1. The van der Waals surface area contributed by atoms with Crippen LogP contribution in [0.1, 0.15) is 18.1 Å². The molecule has 0 unspecified atom stereocenters. The summed E-state index contributed by atoms with van der Waals surface area (Å²) in [4.78, 5) is 10.8. The molecule has 1 N–H and O–H groups in total. The van der Waals surface area contributed by atoms with Gasteiger partial charge in [0.1, 0.15) is 12.1 Å². The predicted octanol–water partition coefficient (Wildman–Crippen LogP) is 2.15. The first kappa shape index (κ1) is 11.2. The summed E-state index contributed by atoms with van der Waals surface area (Å²) in [6, 6.07) is 6.76. The van der Waals surface area contributed by atoms with Gasteiger partial charge < -0.3 is 5.32 Å². The Hall–Kier alpha value is -1.85. The summed E-state index contributed by atoms with van der Waals surface area (Å²) >= 11 is 3.20. The van der Waals surface area contributed by atoms with Crippen LogP contribution in [-0.4, -0.2) is 5.91 Å². The molecule has 0 bridgehead atoms. The zero-order chi connectivity index (χ0) is 11.4. The molecule has 0 atom stereocenters. The summed E-state index contributed by atoms with van der Waals surface area (Å²) in [5.74, 6) is -0.232. The van der Waals surface area contributed by atoms with Crippen molar-refractivity contribution in [3.8, 4) is 12.1 Å². The lowest BCUT2D eigenvalue weighted by Crippen LogP contribution is -2.06. The normalized spacial score (nSPS) is 8.80. The van der Waals surface area contributed by atoms with Crippen LogP contribution in [-0.2, 0) is 4.79 Å². The Kier molecular flexibility index (Phi) is 3.43. The first-order valence-corrected chi connectivity index (χ1v) is 4.79. The van der Waals surface area contributed by atoms with Crippen molar-refractivity contribution in [2.24, 2.45) is 0 Å². The standard InChI is InChI=1S/C10H6BrN3O/c1-6(15)14-10-3-8(5-13)7(4-12)2-9(10)11/h2-3H,1H3,(H,14,15). The van der Waals surface area contributed by atoms with E-state index in [1.807, 2.05) is 12.1 Å². The van der Waals surface area contributed by atoms with Crippen LogP contribution in [0.3, 0.4) is 0 Å². The van der Waals surface area contributed by atoms with Crippen LogP contribution in [0.4, 0.5) is 5.69 Å². The fraction of sp³-hybridized carbons (Fsp3) is 0.100. The van der Waals surface area contributed by atoms with Crippen molar-refractivity contribution in [1.82, 2.24) is 0 Å². The van der Waals surface area contributed by atoms with E-state index in [9.17, 15) is 4.79 Å². The van der Waals surface area contributed by atoms with Crippen LogP contribution in [0.5, 0.6) is 0 Å². The molecule has 0 saturated carbocycles. The van der Waals surface area contributed by atoms with E-state index < -0.39 is 0 Å². The Morgan fingerprint density at radius 1 is 1.33 bits per heavy atom. The summed E-state index contributed by atoms with van der Waals surface area (Å²) in [7, 11) is 0. The summed E-state index contributed by atoms with van der Waals surface area (Å²) in [5.41, 5.74) is 1.00. The van der Waals surface area contributed by atoms with Crippen LogP contribution < -0.4 is 5.32 Å². The lowest BCUT2D eigenvalue weighted by molar-refractivity contribution is -0.114. The number of nitrogens with zero attached hydrogens (tertiary/aromatic N) is 2. The van der Waals surface area contributed by atoms with Gasteiger partial charge in [-0.2, -0.15) is 10.5 Å². The van der Waals surface area contributed by atoms with Crippen molar-refractivity contribution in [1.29, 1.82) is 10.5 Å². The number of nitrogens with one attached hydrogen (secondary N) is 1. The Bertz CT molecular complexity index is 497. The van der Waals surface area contributed by atoms with Crippen LogP contribution in [0.15, 0.2) is 16.6 Å². The average Bonchev–Trinajstić information content (AvgIpc) is 2.19. The van der Waals surface area contributed by atoms with Gasteiger partial charge >= 0.3 is 0 Å². The molecule has 0 radical (unpaired) electrons. The van der Waals surface area contributed by atoms with Gasteiger partial charge in [-0.15, -0.1) is 0 Å². The molecule has 1 amide bonds. The highest BCUT2D eigenvalue weighted by atomic mass is 79.9. The fourth-order valence-electron chi connectivity index (χ4n) is 1.04. The van der Waals surface area contributed by atoms with Crippen molar-refractivity contribution >= 4 is 27.5 Å². The lowest BCUT2D eigenvalue weighted by Gasteiger charge is -2.06. The molecule has 0 aliphatic rings. The van der Waals surface area contributed by atoms with Crippen LogP contribution in [0.25, 0.3) is 0 Å². The number of carbonyl (C=O) groups is 1. The van der Waals surface area contributed by atoms with E-state index in [4.69, 9.17) is 10.5 Å². The number of rotatable bonds is 1. The van der Waals surface area contributed by atoms with E-state index >= 15 is 0 Å². The molecule has 0 aliphatic carbocycles. The molecule has 0 aliphatic heterocycles. The topological polar surface area (TPSA) is 76.7 Å². The third-order valence-corrected chi connectivity index (χ3v) is 2.31. The smallest absolute Gasteiger partial charge is 0.221 e. The SMILES string of the molecule is CC(=O)Nc1cc(C#N)c(C#N)cc1Br. The van der Waals surface area contributed by atoms with Gasteiger partial charge in [-0.3, -0.25) is 4.79 Å². The minimum absolute atomic E-state index is 0.232. The van der Waals surface area contributed by atoms with E-state index in [1.165, 1.54) is 19.1 Å². The first-order chi connectivity index (χ1) is 7.08. The molecule has 0 saturated heterocycles. The van der Waals surface area contributed by atoms with Crippen molar-refractivity contribution in [2.75, 3.05) is 5.32 Å². The van der Waals surface area contributed by atoms with Gasteiger partial charge in [0.05, 0.1) is 16.8 Å². The van der Waals surface area contributed by atoms with Crippen molar-refractivity contribution in [3.63, 3.8) is 0 Å². The van der Waals surface area contributed by atoms with E-state index in [0.717, 1.165) is 0 Å². The molecular weight excluding hydrogens is 258 g/mol. The maximum absolute atomic E-state index is 10.8. The van der Waals surface area contributed by atoms with Gasteiger partial charge in [-0.1, -0.05) is 0 Å². The van der Waals surface area contributed by atoms with Crippen LogP contribution >= 0.6 is 15.9 Å². The van der Waals surface area contributed by atoms with Gasteiger partial charge in [-0.25, -0.2) is 0 Å². The van der Waals surface area contributed by atoms with E-state index in [2.05, 4.69) is 21.2 Å². The Balaban J connectivity index is 3.29. The highest BCUT2D eigenvalue weighted by Crippen LogP contribution is 2.26. The molecule has 74 valence electrons. The second-order valence-corrected chi connectivity index (χ2v) is 3.64. The average molecular weight is 264 g/mol. The number of hydrogen-bond acceptors (Lipinski definition) is 3. The number of carbonyl (C=O) groups excluding carboxylic acids is 1. The fourth-order valence-corrected chi connectivity index (χ4v) is 1.49. The maximum Gasteiger partial charge on any atom is 0.221 e. The molecule has 1 aromatic carbocycles. The zero-order valence-corrected chi connectivity index (χ0v) is 9.42. The zero-order valence-electron chi connectivity index (χ0n) is 7.84. The quantitative estimate of drug-likeness (QED) is 0.844. The number of anilines is 1. The van der Waals surface area contributed by atoms with E-state index in [0.29, 0.717) is 10.2 Å².